The van der Waals surface area contributed by atoms with E-state index in [1.807, 2.05) is 31.2 Å². The maximum atomic E-state index is 12.6. The van der Waals surface area contributed by atoms with Crippen molar-refractivity contribution >= 4 is 22.5 Å². The fourth-order valence-electron chi connectivity index (χ4n) is 2.90. The third-order valence-electron chi connectivity index (χ3n) is 4.14. The first-order chi connectivity index (χ1) is 11.7. The minimum absolute atomic E-state index is 0.0719. The molecule has 0 bridgehead atoms. The Bertz CT molecular complexity index is 736. The largest absolute Gasteiger partial charge is 0.354 e. The van der Waals surface area contributed by atoms with Crippen molar-refractivity contribution in [2.24, 2.45) is 0 Å². The van der Waals surface area contributed by atoms with Gasteiger partial charge in [0, 0.05) is 31.1 Å². The van der Waals surface area contributed by atoms with E-state index >= 15 is 0 Å². The summed E-state index contributed by atoms with van der Waals surface area (Å²) in [7, 11) is -1.14. The average Bonchev–Trinajstić information content (AvgIpc) is 3.10. The van der Waals surface area contributed by atoms with Crippen LogP contribution in [-0.2, 0) is 10.8 Å². The highest BCUT2D eigenvalue weighted by atomic mass is 32.2. The lowest BCUT2D eigenvalue weighted by Crippen LogP contribution is -2.37. The van der Waals surface area contributed by atoms with Crippen molar-refractivity contribution < 1.29 is 9.00 Å². The first-order valence-electron chi connectivity index (χ1n) is 8.13. The van der Waals surface area contributed by atoms with Gasteiger partial charge in [-0.25, -0.2) is 4.98 Å². The highest BCUT2D eigenvalue weighted by Crippen LogP contribution is 2.19. The summed E-state index contributed by atoms with van der Waals surface area (Å²) in [5.74, 6) is 1.28. The molecule has 24 heavy (non-hydrogen) atoms. The molecule has 6 heteroatoms. The highest BCUT2D eigenvalue weighted by molar-refractivity contribution is 7.85. The topological polar surface area (TPSA) is 62.3 Å². The van der Waals surface area contributed by atoms with Crippen LogP contribution in [0.3, 0.4) is 0 Å². The summed E-state index contributed by atoms with van der Waals surface area (Å²) in [5, 5.41) is 3.07. The van der Waals surface area contributed by atoms with Gasteiger partial charge >= 0.3 is 0 Å². The molecule has 1 saturated heterocycles. The first-order valence-corrected chi connectivity index (χ1v) is 9.45. The molecule has 1 aromatic heterocycles. The van der Waals surface area contributed by atoms with Crippen LogP contribution in [0.25, 0.3) is 0 Å². The van der Waals surface area contributed by atoms with Gasteiger partial charge in [0.25, 0.3) is 5.91 Å². The molecule has 0 spiro atoms. The van der Waals surface area contributed by atoms with Crippen LogP contribution in [0.1, 0.15) is 23.7 Å². The van der Waals surface area contributed by atoms with E-state index < -0.39 is 10.8 Å². The van der Waals surface area contributed by atoms with Gasteiger partial charge in [-0.2, -0.15) is 0 Å². The molecule has 1 aromatic carbocycles. The SMILES string of the molecule is CCS(=O)c1ccccc1C(=O)NC1CCN(c2ccccn2)C1. The lowest BCUT2D eigenvalue weighted by Gasteiger charge is -2.18. The summed E-state index contributed by atoms with van der Waals surface area (Å²) in [6.45, 7) is 3.46. The van der Waals surface area contributed by atoms with Gasteiger partial charge in [0.1, 0.15) is 5.82 Å². The van der Waals surface area contributed by atoms with Crippen molar-refractivity contribution in [2.45, 2.75) is 24.3 Å². The predicted molar refractivity (Wildman–Crippen MR) is 95.7 cm³/mol. The fraction of sp³-hybridized carbons (Fsp3) is 0.333. The van der Waals surface area contributed by atoms with Crippen molar-refractivity contribution in [1.82, 2.24) is 10.3 Å². The Morgan fingerprint density at radius 2 is 2.08 bits per heavy atom. The third kappa shape index (κ3) is 3.64. The van der Waals surface area contributed by atoms with Crippen LogP contribution in [0.4, 0.5) is 5.82 Å². The standard InChI is InChI=1S/C18H21N3O2S/c1-2-24(23)16-8-4-3-7-15(16)18(22)20-14-10-12-21(13-14)17-9-5-6-11-19-17/h3-9,11,14H,2,10,12-13H2,1H3,(H,20,22). The van der Waals surface area contributed by atoms with Crippen molar-refractivity contribution in [3.05, 3.63) is 54.2 Å². The lowest BCUT2D eigenvalue weighted by molar-refractivity contribution is 0.0937. The molecule has 1 N–H and O–H groups in total. The Morgan fingerprint density at radius 3 is 2.83 bits per heavy atom. The number of carbonyl (C=O) groups is 1. The van der Waals surface area contributed by atoms with E-state index in [0.717, 1.165) is 25.3 Å². The number of nitrogens with one attached hydrogen (secondary N) is 1. The number of hydrogen-bond donors (Lipinski definition) is 1. The van der Waals surface area contributed by atoms with Crippen molar-refractivity contribution in [3.8, 4) is 0 Å². The van der Waals surface area contributed by atoms with Crippen LogP contribution < -0.4 is 10.2 Å². The summed E-state index contributed by atoms with van der Waals surface area (Å²) in [6, 6.07) is 13.0. The number of anilines is 1. The Hall–Kier alpha value is -2.21. The molecule has 2 heterocycles. The monoisotopic (exact) mass is 343 g/mol. The van der Waals surface area contributed by atoms with Crippen LogP contribution in [0.2, 0.25) is 0 Å². The molecule has 0 saturated carbocycles. The van der Waals surface area contributed by atoms with Crippen LogP contribution in [0.15, 0.2) is 53.6 Å². The average molecular weight is 343 g/mol. The molecule has 1 aliphatic heterocycles. The van der Waals surface area contributed by atoms with Gasteiger partial charge in [-0.05, 0) is 30.7 Å². The number of rotatable bonds is 5. The minimum atomic E-state index is -1.14. The number of hydrogen-bond acceptors (Lipinski definition) is 4. The van der Waals surface area contributed by atoms with Crippen LogP contribution in [-0.4, -0.2) is 40.0 Å². The molecule has 0 radical (unpaired) electrons. The number of nitrogens with zero attached hydrogens (tertiary/aromatic N) is 2. The van der Waals surface area contributed by atoms with Gasteiger partial charge in [0.2, 0.25) is 0 Å². The van der Waals surface area contributed by atoms with Gasteiger partial charge < -0.3 is 10.2 Å². The molecule has 1 fully saturated rings. The molecular formula is C18H21N3O2S. The van der Waals surface area contributed by atoms with Crippen molar-refractivity contribution in [3.63, 3.8) is 0 Å². The summed E-state index contributed by atoms with van der Waals surface area (Å²) < 4.78 is 12.1. The molecule has 1 aliphatic rings. The Morgan fingerprint density at radius 1 is 1.29 bits per heavy atom. The highest BCUT2D eigenvalue weighted by Gasteiger charge is 2.26. The van der Waals surface area contributed by atoms with E-state index in [4.69, 9.17) is 0 Å². The summed E-state index contributed by atoms with van der Waals surface area (Å²) in [6.07, 6.45) is 2.65. The number of pyridine rings is 1. The second kappa shape index (κ2) is 7.57. The normalized spacial score (nSPS) is 18.4. The third-order valence-corrected chi connectivity index (χ3v) is 5.51. The summed E-state index contributed by atoms with van der Waals surface area (Å²) in [4.78, 5) is 19.7. The molecule has 3 rings (SSSR count). The summed E-state index contributed by atoms with van der Waals surface area (Å²) in [5.41, 5.74) is 0.508. The second-order valence-corrected chi connectivity index (χ2v) is 7.43. The van der Waals surface area contributed by atoms with Gasteiger partial charge in [0.05, 0.1) is 21.3 Å². The van der Waals surface area contributed by atoms with Gasteiger partial charge in [-0.1, -0.05) is 25.1 Å². The van der Waals surface area contributed by atoms with Crippen molar-refractivity contribution in [2.75, 3.05) is 23.7 Å². The smallest absolute Gasteiger partial charge is 0.252 e. The van der Waals surface area contributed by atoms with Crippen LogP contribution in [0, 0.1) is 0 Å². The van der Waals surface area contributed by atoms with Gasteiger partial charge in [-0.3, -0.25) is 9.00 Å². The number of aromatic nitrogens is 1. The first kappa shape index (κ1) is 16.6. The van der Waals surface area contributed by atoms with E-state index in [0.29, 0.717) is 16.2 Å². The zero-order chi connectivity index (χ0) is 16.9. The molecule has 2 unspecified atom stereocenters. The minimum Gasteiger partial charge on any atom is -0.354 e. The predicted octanol–water partition coefficient (Wildman–Crippen LogP) is 2.22. The second-order valence-electron chi connectivity index (χ2n) is 5.72. The zero-order valence-corrected chi connectivity index (χ0v) is 14.5. The number of benzene rings is 1. The quantitative estimate of drug-likeness (QED) is 0.904. The van der Waals surface area contributed by atoms with E-state index in [1.165, 1.54) is 0 Å². The van der Waals surface area contributed by atoms with Gasteiger partial charge in [-0.15, -0.1) is 0 Å². The maximum absolute atomic E-state index is 12.6. The Labute approximate surface area is 144 Å². The molecular weight excluding hydrogens is 322 g/mol. The van der Waals surface area contributed by atoms with E-state index in [2.05, 4.69) is 15.2 Å². The Kier molecular flexibility index (Phi) is 5.25. The van der Waals surface area contributed by atoms with Gasteiger partial charge in [0.15, 0.2) is 0 Å². The zero-order valence-electron chi connectivity index (χ0n) is 13.6. The maximum Gasteiger partial charge on any atom is 0.252 e. The van der Waals surface area contributed by atoms with E-state index in [-0.39, 0.29) is 11.9 Å². The molecule has 126 valence electrons. The van der Waals surface area contributed by atoms with E-state index in [1.54, 1.807) is 24.4 Å². The van der Waals surface area contributed by atoms with Crippen molar-refractivity contribution in [1.29, 1.82) is 0 Å². The molecule has 2 aromatic rings. The summed E-state index contributed by atoms with van der Waals surface area (Å²) >= 11 is 0. The number of amides is 1. The molecule has 5 nitrogen and oxygen atoms in total. The fourth-order valence-corrected chi connectivity index (χ4v) is 3.85. The molecule has 0 aliphatic carbocycles. The molecule has 1 amide bonds. The number of carbonyl (C=O) groups excluding carboxylic acids is 1. The lowest BCUT2D eigenvalue weighted by atomic mass is 10.2. The molecule has 2 atom stereocenters. The van der Waals surface area contributed by atoms with Crippen LogP contribution in [0.5, 0.6) is 0 Å². The van der Waals surface area contributed by atoms with E-state index in [9.17, 15) is 9.00 Å². The Balaban J connectivity index is 1.67. The van der Waals surface area contributed by atoms with Crippen LogP contribution >= 0.6 is 0 Å².